The lowest BCUT2D eigenvalue weighted by atomic mass is 10.1. The molecule has 37 heavy (non-hydrogen) atoms. The van der Waals surface area contributed by atoms with Gasteiger partial charge in [0.1, 0.15) is 23.7 Å². The molecule has 3 heterocycles. The molecule has 0 bridgehead atoms. The molecule has 9 nitrogen and oxygen atoms in total. The molecule has 1 amide bonds. The minimum atomic E-state index is -0.490. The molecule has 9 heteroatoms. The Bertz CT molecular complexity index is 1210. The summed E-state index contributed by atoms with van der Waals surface area (Å²) in [6, 6.07) is 12.3. The Kier molecular flexibility index (Phi) is 8.22. The van der Waals surface area contributed by atoms with Crippen LogP contribution in [0.2, 0.25) is 0 Å². The average Bonchev–Trinajstić information content (AvgIpc) is 3.16. The van der Waals surface area contributed by atoms with Crippen LogP contribution in [-0.2, 0) is 11.3 Å². The first-order valence-corrected chi connectivity index (χ1v) is 13.0. The van der Waals surface area contributed by atoms with E-state index < -0.39 is 5.60 Å². The second-order valence-electron chi connectivity index (χ2n) is 10.9. The number of carbonyl (C=O) groups excluding carboxylic acids is 1. The van der Waals surface area contributed by atoms with Gasteiger partial charge in [-0.15, -0.1) is 0 Å². The molecule has 0 radical (unpaired) electrons. The number of aryl methyl sites for hydroxylation is 1. The van der Waals surface area contributed by atoms with E-state index in [1.165, 1.54) is 0 Å². The average molecular weight is 509 g/mol. The number of likely N-dealkylation sites (N-methyl/N-ethyl adjacent to an activating group) is 1. The van der Waals surface area contributed by atoms with E-state index in [2.05, 4.69) is 20.9 Å². The third-order valence-electron chi connectivity index (χ3n) is 6.31. The molecule has 4 rings (SSSR count). The lowest BCUT2D eigenvalue weighted by Gasteiger charge is -2.34. The highest BCUT2D eigenvalue weighted by atomic mass is 16.6. The normalized spacial score (nSPS) is 14.8. The predicted molar refractivity (Wildman–Crippen MR) is 146 cm³/mol. The molecule has 0 unspecified atom stereocenters. The molecule has 1 aromatic carbocycles. The fraction of sp³-hybridized carbons (Fsp3) is 0.536. The van der Waals surface area contributed by atoms with E-state index in [9.17, 15) is 4.79 Å². The van der Waals surface area contributed by atoms with Crippen LogP contribution < -0.4 is 10.1 Å². The van der Waals surface area contributed by atoms with E-state index in [-0.39, 0.29) is 12.1 Å². The Hall–Kier alpha value is -3.33. The maximum absolute atomic E-state index is 12.5. The van der Waals surface area contributed by atoms with Gasteiger partial charge in [-0.3, -0.25) is 4.98 Å². The number of amides is 1. The van der Waals surface area contributed by atoms with Crippen molar-refractivity contribution in [3.8, 4) is 5.75 Å². The van der Waals surface area contributed by atoms with Gasteiger partial charge < -0.3 is 29.2 Å². The largest absolute Gasteiger partial charge is 0.490 e. The van der Waals surface area contributed by atoms with Gasteiger partial charge in [-0.25, -0.2) is 9.78 Å². The third kappa shape index (κ3) is 7.13. The number of hydrogen-bond donors (Lipinski definition) is 1. The van der Waals surface area contributed by atoms with Crippen LogP contribution in [0.3, 0.4) is 0 Å². The van der Waals surface area contributed by atoms with E-state index in [1.807, 2.05) is 72.1 Å². The van der Waals surface area contributed by atoms with E-state index in [0.29, 0.717) is 26.2 Å². The van der Waals surface area contributed by atoms with Gasteiger partial charge >= 0.3 is 6.09 Å². The van der Waals surface area contributed by atoms with Crippen molar-refractivity contribution in [1.82, 2.24) is 24.3 Å². The topological polar surface area (TPSA) is 84.8 Å². The second-order valence-corrected chi connectivity index (χ2v) is 10.9. The fourth-order valence-corrected chi connectivity index (χ4v) is 4.39. The lowest BCUT2D eigenvalue weighted by Crippen LogP contribution is -2.44. The monoisotopic (exact) mass is 508 g/mol. The summed E-state index contributed by atoms with van der Waals surface area (Å²) in [7, 11) is 4.07. The van der Waals surface area contributed by atoms with Gasteiger partial charge in [0.15, 0.2) is 0 Å². The Morgan fingerprint density at radius 1 is 1.11 bits per heavy atom. The van der Waals surface area contributed by atoms with Gasteiger partial charge in [0.2, 0.25) is 5.95 Å². The molecule has 200 valence electrons. The summed E-state index contributed by atoms with van der Waals surface area (Å²) in [4.78, 5) is 26.1. The van der Waals surface area contributed by atoms with E-state index in [4.69, 9.17) is 19.4 Å². The summed E-state index contributed by atoms with van der Waals surface area (Å²) in [6.45, 7) is 10.9. The number of nitrogens with zero attached hydrogens (tertiary/aromatic N) is 5. The maximum atomic E-state index is 12.5. The zero-order valence-electron chi connectivity index (χ0n) is 23.0. The smallest absolute Gasteiger partial charge is 0.410 e. The number of likely N-dealkylation sites (tertiary alicyclic amines) is 1. The van der Waals surface area contributed by atoms with Crippen LogP contribution in [0.25, 0.3) is 11.0 Å². The first-order valence-electron chi connectivity index (χ1n) is 13.0. The molecule has 2 aromatic heterocycles. The predicted octanol–water partition coefficient (Wildman–Crippen LogP) is 4.54. The molecule has 1 aliphatic rings. The van der Waals surface area contributed by atoms with Crippen molar-refractivity contribution in [3.05, 3.63) is 47.8 Å². The number of pyridine rings is 1. The minimum Gasteiger partial charge on any atom is -0.490 e. The lowest BCUT2D eigenvalue weighted by molar-refractivity contribution is 0.0210. The summed E-state index contributed by atoms with van der Waals surface area (Å²) in [5.74, 6) is 1.60. The van der Waals surface area contributed by atoms with Crippen molar-refractivity contribution >= 4 is 23.1 Å². The number of ether oxygens (including phenoxy) is 2. The number of piperidine rings is 1. The first-order chi connectivity index (χ1) is 17.6. The maximum Gasteiger partial charge on any atom is 0.410 e. The van der Waals surface area contributed by atoms with Crippen molar-refractivity contribution in [2.45, 2.75) is 58.7 Å². The SMILES string of the molecule is Cc1ccc(OCCN(C)C)c(Cn2c(NC3CCN(C(=O)OC(C)(C)C)CC3)nc3ccccc32)n1. The van der Waals surface area contributed by atoms with Crippen LogP contribution >= 0.6 is 0 Å². The highest BCUT2D eigenvalue weighted by molar-refractivity contribution is 5.79. The molecule has 1 fully saturated rings. The molecule has 0 aliphatic carbocycles. The Balaban J connectivity index is 1.51. The van der Waals surface area contributed by atoms with Crippen LogP contribution in [0.15, 0.2) is 36.4 Å². The highest BCUT2D eigenvalue weighted by Gasteiger charge is 2.28. The standard InChI is InChI=1S/C28H40N6O3/c1-20-11-12-25(36-18-17-32(5)6)23(29-20)19-34-24-10-8-7-9-22(24)31-26(34)30-21-13-15-33(16-14-21)27(35)37-28(2,3)4/h7-12,21H,13-19H2,1-6H3,(H,30,31). The van der Waals surface area contributed by atoms with Crippen molar-refractivity contribution in [3.63, 3.8) is 0 Å². The van der Waals surface area contributed by atoms with Crippen LogP contribution in [0.1, 0.15) is 45.0 Å². The molecular weight excluding hydrogens is 468 g/mol. The summed E-state index contributed by atoms with van der Waals surface area (Å²) in [6.07, 6.45) is 1.40. The zero-order chi connectivity index (χ0) is 26.6. The first kappa shape index (κ1) is 26.7. The number of fused-ring (bicyclic) bond motifs is 1. The number of anilines is 1. The van der Waals surface area contributed by atoms with Crippen LogP contribution in [0.5, 0.6) is 5.75 Å². The van der Waals surface area contributed by atoms with Gasteiger partial charge in [0.05, 0.1) is 17.6 Å². The Morgan fingerprint density at radius 3 is 2.54 bits per heavy atom. The fourth-order valence-electron chi connectivity index (χ4n) is 4.39. The number of benzene rings is 1. The van der Waals surface area contributed by atoms with E-state index in [0.717, 1.165) is 53.5 Å². The molecule has 1 aliphatic heterocycles. The quantitative estimate of drug-likeness (QED) is 0.478. The van der Waals surface area contributed by atoms with Gasteiger partial charge in [-0.1, -0.05) is 12.1 Å². The molecule has 1 N–H and O–H groups in total. The number of imidazole rings is 1. The molecule has 1 saturated heterocycles. The second kappa shape index (κ2) is 11.4. The molecule has 0 atom stereocenters. The Morgan fingerprint density at radius 2 is 1.84 bits per heavy atom. The number of rotatable bonds is 8. The van der Waals surface area contributed by atoms with Crippen LogP contribution in [0.4, 0.5) is 10.7 Å². The van der Waals surface area contributed by atoms with Gasteiger partial charge in [0.25, 0.3) is 0 Å². The molecule has 3 aromatic rings. The summed E-state index contributed by atoms with van der Waals surface area (Å²) in [5.41, 5.74) is 3.31. The number of nitrogens with one attached hydrogen (secondary N) is 1. The summed E-state index contributed by atoms with van der Waals surface area (Å²) >= 11 is 0. The summed E-state index contributed by atoms with van der Waals surface area (Å²) < 4.78 is 13.8. The van der Waals surface area contributed by atoms with Crippen molar-refractivity contribution in [2.75, 3.05) is 45.7 Å². The van der Waals surface area contributed by atoms with E-state index >= 15 is 0 Å². The third-order valence-corrected chi connectivity index (χ3v) is 6.31. The van der Waals surface area contributed by atoms with Crippen molar-refractivity contribution < 1.29 is 14.3 Å². The number of aromatic nitrogens is 3. The minimum absolute atomic E-state index is 0.204. The van der Waals surface area contributed by atoms with Gasteiger partial charge in [-0.05, 0) is 78.9 Å². The van der Waals surface area contributed by atoms with Crippen molar-refractivity contribution in [1.29, 1.82) is 0 Å². The molecule has 0 spiro atoms. The van der Waals surface area contributed by atoms with Crippen molar-refractivity contribution in [2.24, 2.45) is 0 Å². The van der Waals surface area contributed by atoms with Crippen LogP contribution in [0, 0.1) is 6.92 Å². The summed E-state index contributed by atoms with van der Waals surface area (Å²) in [5, 5.41) is 3.66. The van der Waals surface area contributed by atoms with Gasteiger partial charge in [0, 0.05) is 31.4 Å². The number of para-hydroxylation sites is 2. The Labute approximate surface area is 219 Å². The zero-order valence-corrected chi connectivity index (χ0v) is 23.0. The van der Waals surface area contributed by atoms with Crippen LogP contribution in [-0.4, -0.2) is 82.4 Å². The molecule has 0 saturated carbocycles. The van der Waals surface area contributed by atoms with E-state index in [1.54, 1.807) is 4.90 Å². The molecular formula is C28H40N6O3. The highest BCUT2D eigenvalue weighted by Crippen LogP contribution is 2.26. The number of hydrogen-bond acceptors (Lipinski definition) is 7. The number of carbonyl (C=O) groups is 1. The van der Waals surface area contributed by atoms with Gasteiger partial charge in [-0.2, -0.15) is 0 Å².